The Labute approximate surface area is 130 Å². The smallest absolute Gasteiger partial charge is 0.220 e. The maximum Gasteiger partial charge on any atom is 0.220 e. The topological polar surface area (TPSA) is 55.1 Å². The molecule has 0 saturated heterocycles. The van der Waals surface area contributed by atoms with E-state index in [1.54, 1.807) is 0 Å². The molecular formula is C18H34N2O. The third-order valence-electron chi connectivity index (χ3n) is 5.89. The molecule has 0 spiro atoms. The first-order valence-corrected chi connectivity index (χ1v) is 9.10. The van der Waals surface area contributed by atoms with Crippen molar-refractivity contribution in [2.75, 3.05) is 13.1 Å². The van der Waals surface area contributed by atoms with Crippen molar-refractivity contribution in [2.24, 2.45) is 23.0 Å². The van der Waals surface area contributed by atoms with Crippen molar-refractivity contribution < 1.29 is 4.79 Å². The summed E-state index contributed by atoms with van der Waals surface area (Å²) in [4.78, 5) is 12.2. The van der Waals surface area contributed by atoms with Crippen molar-refractivity contribution in [3.05, 3.63) is 0 Å². The first-order chi connectivity index (χ1) is 10.1. The lowest BCUT2D eigenvalue weighted by Gasteiger charge is -2.35. The highest BCUT2D eigenvalue weighted by molar-refractivity contribution is 5.76. The Morgan fingerprint density at radius 1 is 1.14 bits per heavy atom. The van der Waals surface area contributed by atoms with E-state index in [2.05, 4.69) is 12.2 Å². The second kappa shape index (κ2) is 8.17. The molecule has 122 valence electrons. The van der Waals surface area contributed by atoms with Gasteiger partial charge in [-0.3, -0.25) is 4.79 Å². The molecule has 2 saturated carbocycles. The summed E-state index contributed by atoms with van der Waals surface area (Å²) in [6.45, 7) is 3.88. The molecule has 0 aromatic rings. The van der Waals surface area contributed by atoms with E-state index in [0.717, 1.165) is 37.6 Å². The van der Waals surface area contributed by atoms with Gasteiger partial charge >= 0.3 is 0 Å². The van der Waals surface area contributed by atoms with Crippen LogP contribution in [0.5, 0.6) is 0 Å². The predicted octanol–water partition coefficient (Wildman–Crippen LogP) is 3.62. The SMILES string of the molecule is CC1CCC(CCNC(=O)CC2(CN)CCCCC2)CC1. The molecule has 2 aliphatic carbocycles. The minimum atomic E-state index is 0.0998. The van der Waals surface area contributed by atoms with Crippen LogP contribution in [0.15, 0.2) is 0 Å². The summed E-state index contributed by atoms with van der Waals surface area (Å²) < 4.78 is 0. The van der Waals surface area contributed by atoms with E-state index in [1.807, 2.05) is 0 Å². The van der Waals surface area contributed by atoms with Crippen molar-refractivity contribution in [1.82, 2.24) is 5.32 Å². The van der Waals surface area contributed by atoms with Gasteiger partial charge in [0.2, 0.25) is 5.91 Å². The average molecular weight is 294 g/mol. The molecule has 0 unspecified atom stereocenters. The van der Waals surface area contributed by atoms with Gasteiger partial charge in [-0.05, 0) is 43.1 Å². The maximum atomic E-state index is 12.2. The molecule has 3 N–H and O–H groups in total. The molecular weight excluding hydrogens is 260 g/mol. The Balaban J connectivity index is 1.65. The van der Waals surface area contributed by atoms with Gasteiger partial charge in [-0.1, -0.05) is 51.9 Å². The third kappa shape index (κ3) is 5.28. The van der Waals surface area contributed by atoms with Gasteiger partial charge in [-0.15, -0.1) is 0 Å². The number of nitrogens with two attached hydrogens (primary N) is 1. The fourth-order valence-corrected chi connectivity index (χ4v) is 4.19. The van der Waals surface area contributed by atoms with Gasteiger partial charge in [0.05, 0.1) is 0 Å². The van der Waals surface area contributed by atoms with Crippen molar-refractivity contribution >= 4 is 5.91 Å². The van der Waals surface area contributed by atoms with Crippen LogP contribution in [-0.2, 0) is 4.79 Å². The summed E-state index contributed by atoms with van der Waals surface area (Å²) in [7, 11) is 0. The van der Waals surface area contributed by atoms with Crippen molar-refractivity contribution in [3.8, 4) is 0 Å². The molecule has 0 radical (unpaired) electrons. The molecule has 21 heavy (non-hydrogen) atoms. The van der Waals surface area contributed by atoms with Gasteiger partial charge in [0.25, 0.3) is 0 Å². The second-order valence-electron chi connectivity index (χ2n) is 7.71. The van der Waals surface area contributed by atoms with E-state index in [0.29, 0.717) is 13.0 Å². The molecule has 0 aromatic heterocycles. The van der Waals surface area contributed by atoms with E-state index >= 15 is 0 Å². The van der Waals surface area contributed by atoms with Crippen LogP contribution in [-0.4, -0.2) is 19.0 Å². The first kappa shape index (κ1) is 16.8. The molecule has 2 aliphatic rings. The van der Waals surface area contributed by atoms with E-state index < -0.39 is 0 Å². The highest BCUT2D eigenvalue weighted by atomic mass is 16.1. The Morgan fingerprint density at radius 3 is 2.43 bits per heavy atom. The molecule has 3 heteroatoms. The number of nitrogens with one attached hydrogen (secondary N) is 1. The summed E-state index contributed by atoms with van der Waals surface area (Å²) in [6.07, 6.45) is 13.3. The van der Waals surface area contributed by atoms with E-state index in [1.165, 1.54) is 44.9 Å². The van der Waals surface area contributed by atoms with Crippen LogP contribution in [0, 0.1) is 17.3 Å². The summed E-state index contributed by atoms with van der Waals surface area (Å²) in [5, 5.41) is 3.15. The van der Waals surface area contributed by atoms with E-state index in [-0.39, 0.29) is 11.3 Å². The van der Waals surface area contributed by atoms with Gasteiger partial charge in [-0.2, -0.15) is 0 Å². The Bertz CT molecular complexity index is 315. The van der Waals surface area contributed by atoms with Crippen LogP contribution in [0.4, 0.5) is 0 Å². The molecule has 0 bridgehead atoms. The molecule has 0 atom stereocenters. The van der Waals surface area contributed by atoms with Crippen LogP contribution >= 0.6 is 0 Å². The number of carbonyl (C=O) groups is 1. The largest absolute Gasteiger partial charge is 0.356 e. The van der Waals surface area contributed by atoms with Crippen molar-refractivity contribution in [1.29, 1.82) is 0 Å². The summed E-state index contributed by atoms with van der Waals surface area (Å²) in [5.41, 5.74) is 6.06. The normalized spacial score (nSPS) is 29.0. The van der Waals surface area contributed by atoms with Gasteiger partial charge < -0.3 is 11.1 Å². The standard InChI is InChI=1S/C18H34N2O/c1-15-5-7-16(8-6-15)9-12-20-17(21)13-18(14-19)10-3-2-4-11-18/h15-16H,2-14,19H2,1H3,(H,20,21). The van der Waals surface area contributed by atoms with Crippen LogP contribution in [0.1, 0.15) is 77.6 Å². The number of amides is 1. The van der Waals surface area contributed by atoms with Gasteiger partial charge in [0.15, 0.2) is 0 Å². The molecule has 0 aliphatic heterocycles. The average Bonchev–Trinajstić information content (AvgIpc) is 2.50. The minimum Gasteiger partial charge on any atom is -0.356 e. The van der Waals surface area contributed by atoms with Gasteiger partial charge in [-0.25, -0.2) is 0 Å². The lowest BCUT2D eigenvalue weighted by molar-refractivity contribution is -0.123. The summed E-state index contributed by atoms with van der Waals surface area (Å²) in [5.74, 6) is 1.97. The minimum absolute atomic E-state index is 0.0998. The molecule has 1 amide bonds. The van der Waals surface area contributed by atoms with Crippen molar-refractivity contribution in [3.63, 3.8) is 0 Å². The Kier molecular flexibility index (Phi) is 6.53. The van der Waals surface area contributed by atoms with E-state index in [9.17, 15) is 4.79 Å². The first-order valence-electron chi connectivity index (χ1n) is 9.10. The monoisotopic (exact) mass is 294 g/mol. The predicted molar refractivity (Wildman–Crippen MR) is 87.9 cm³/mol. The number of carbonyl (C=O) groups excluding carboxylic acids is 1. The van der Waals surface area contributed by atoms with Crippen LogP contribution < -0.4 is 11.1 Å². The Hall–Kier alpha value is -0.570. The molecule has 2 fully saturated rings. The zero-order chi connectivity index (χ0) is 15.1. The fourth-order valence-electron chi connectivity index (χ4n) is 4.19. The molecule has 2 rings (SSSR count). The highest BCUT2D eigenvalue weighted by Crippen LogP contribution is 2.38. The quantitative estimate of drug-likeness (QED) is 0.786. The van der Waals surface area contributed by atoms with E-state index in [4.69, 9.17) is 5.73 Å². The highest BCUT2D eigenvalue weighted by Gasteiger charge is 2.32. The molecule has 0 aromatic carbocycles. The lowest BCUT2D eigenvalue weighted by atomic mass is 9.71. The Morgan fingerprint density at radius 2 is 1.81 bits per heavy atom. The number of hydrogen-bond donors (Lipinski definition) is 2. The third-order valence-corrected chi connectivity index (χ3v) is 5.89. The number of hydrogen-bond acceptors (Lipinski definition) is 2. The van der Waals surface area contributed by atoms with Crippen LogP contribution in [0.25, 0.3) is 0 Å². The van der Waals surface area contributed by atoms with Gasteiger partial charge in [0.1, 0.15) is 0 Å². The summed E-state index contributed by atoms with van der Waals surface area (Å²) >= 11 is 0. The number of rotatable bonds is 6. The maximum absolute atomic E-state index is 12.2. The zero-order valence-electron chi connectivity index (χ0n) is 13.8. The van der Waals surface area contributed by atoms with Gasteiger partial charge in [0, 0.05) is 13.0 Å². The van der Waals surface area contributed by atoms with Crippen molar-refractivity contribution in [2.45, 2.75) is 77.6 Å². The molecule has 3 nitrogen and oxygen atoms in total. The zero-order valence-corrected chi connectivity index (χ0v) is 13.8. The second-order valence-corrected chi connectivity index (χ2v) is 7.71. The van der Waals surface area contributed by atoms with Crippen LogP contribution in [0.3, 0.4) is 0 Å². The lowest BCUT2D eigenvalue weighted by Crippen LogP contribution is -2.39. The van der Waals surface area contributed by atoms with Crippen LogP contribution in [0.2, 0.25) is 0 Å². The molecule has 0 heterocycles. The fraction of sp³-hybridized carbons (Fsp3) is 0.944. The summed E-state index contributed by atoms with van der Waals surface area (Å²) in [6, 6.07) is 0.